The van der Waals surface area contributed by atoms with Crippen LogP contribution in [0.4, 0.5) is 5.69 Å². The fraction of sp³-hybridized carbons (Fsp3) is 0.300. The third-order valence-corrected chi connectivity index (χ3v) is 3.34. The zero-order valence-electron chi connectivity index (χ0n) is 15.0. The number of hydrogen-bond donors (Lipinski definition) is 2. The standard InChI is InChI=1S/C20H24N2O3/c1-14(25-15-10-6-5-7-11-15)18(23)21-17-13-9-8-12-16(17)19(24)22-20(2,3)4/h5-14H,1-4H3,(H,21,23)(H,22,24). The summed E-state index contributed by atoms with van der Waals surface area (Å²) in [7, 11) is 0. The molecule has 2 N–H and O–H groups in total. The molecule has 0 radical (unpaired) electrons. The zero-order chi connectivity index (χ0) is 18.4. The van der Waals surface area contributed by atoms with Crippen molar-refractivity contribution in [3.8, 4) is 5.75 Å². The molecule has 2 rings (SSSR count). The van der Waals surface area contributed by atoms with Gasteiger partial charge in [0.2, 0.25) is 0 Å². The minimum Gasteiger partial charge on any atom is -0.481 e. The van der Waals surface area contributed by atoms with Crippen LogP contribution in [0.15, 0.2) is 54.6 Å². The molecule has 0 bridgehead atoms. The van der Waals surface area contributed by atoms with Gasteiger partial charge in [-0.05, 0) is 52.0 Å². The Morgan fingerprint density at radius 3 is 2.20 bits per heavy atom. The average molecular weight is 340 g/mol. The quantitative estimate of drug-likeness (QED) is 0.873. The van der Waals surface area contributed by atoms with Gasteiger partial charge in [0.05, 0.1) is 11.3 Å². The van der Waals surface area contributed by atoms with Crippen molar-refractivity contribution in [2.45, 2.75) is 39.3 Å². The van der Waals surface area contributed by atoms with E-state index in [-0.39, 0.29) is 17.4 Å². The molecule has 0 saturated heterocycles. The normalized spacial score (nSPS) is 12.2. The maximum Gasteiger partial charge on any atom is 0.265 e. The highest BCUT2D eigenvalue weighted by Crippen LogP contribution is 2.18. The lowest BCUT2D eigenvalue weighted by atomic mass is 10.1. The van der Waals surface area contributed by atoms with Crippen LogP contribution in [-0.4, -0.2) is 23.5 Å². The van der Waals surface area contributed by atoms with E-state index in [1.54, 1.807) is 43.3 Å². The Morgan fingerprint density at radius 2 is 1.56 bits per heavy atom. The third-order valence-electron chi connectivity index (χ3n) is 3.34. The number of rotatable bonds is 5. The number of nitrogens with one attached hydrogen (secondary N) is 2. The van der Waals surface area contributed by atoms with E-state index in [0.29, 0.717) is 17.0 Å². The van der Waals surface area contributed by atoms with E-state index in [2.05, 4.69) is 10.6 Å². The first-order valence-electron chi connectivity index (χ1n) is 8.20. The topological polar surface area (TPSA) is 67.4 Å². The van der Waals surface area contributed by atoms with Crippen LogP contribution in [-0.2, 0) is 4.79 Å². The SMILES string of the molecule is CC(Oc1ccccc1)C(=O)Nc1ccccc1C(=O)NC(C)(C)C. The van der Waals surface area contributed by atoms with Crippen molar-refractivity contribution in [1.29, 1.82) is 0 Å². The smallest absolute Gasteiger partial charge is 0.265 e. The highest BCUT2D eigenvalue weighted by molar-refractivity contribution is 6.04. The fourth-order valence-corrected chi connectivity index (χ4v) is 2.19. The first kappa shape index (κ1) is 18.5. The molecule has 5 nitrogen and oxygen atoms in total. The zero-order valence-corrected chi connectivity index (χ0v) is 15.0. The highest BCUT2D eigenvalue weighted by atomic mass is 16.5. The number of benzene rings is 2. The molecule has 132 valence electrons. The van der Waals surface area contributed by atoms with Crippen molar-refractivity contribution >= 4 is 17.5 Å². The Labute approximate surface area is 148 Å². The van der Waals surface area contributed by atoms with Gasteiger partial charge in [-0.3, -0.25) is 9.59 Å². The minimum absolute atomic E-state index is 0.236. The molecule has 2 aromatic carbocycles. The Kier molecular flexibility index (Phi) is 5.80. The maximum atomic E-state index is 12.4. The van der Waals surface area contributed by atoms with Crippen LogP contribution >= 0.6 is 0 Å². The van der Waals surface area contributed by atoms with Gasteiger partial charge in [-0.2, -0.15) is 0 Å². The summed E-state index contributed by atoms with van der Waals surface area (Å²) in [5, 5.41) is 5.67. The van der Waals surface area contributed by atoms with E-state index in [0.717, 1.165) is 0 Å². The van der Waals surface area contributed by atoms with Crippen LogP contribution in [0, 0.1) is 0 Å². The maximum absolute atomic E-state index is 12.4. The predicted octanol–water partition coefficient (Wildman–Crippen LogP) is 3.62. The Morgan fingerprint density at radius 1 is 0.960 bits per heavy atom. The number of anilines is 1. The molecular weight excluding hydrogens is 316 g/mol. The first-order valence-corrected chi connectivity index (χ1v) is 8.20. The summed E-state index contributed by atoms with van der Waals surface area (Å²) in [6.45, 7) is 7.38. The summed E-state index contributed by atoms with van der Waals surface area (Å²) in [4.78, 5) is 24.8. The van der Waals surface area contributed by atoms with Crippen LogP contribution in [0.25, 0.3) is 0 Å². The lowest BCUT2D eigenvalue weighted by Gasteiger charge is -2.22. The largest absolute Gasteiger partial charge is 0.481 e. The molecule has 5 heteroatoms. The number of para-hydroxylation sites is 2. The minimum atomic E-state index is -0.693. The molecule has 1 unspecified atom stereocenters. The van der Waals surface area contributed by atoms with Gasteiger partial charge < -0.3 is 15.4 Å². The summed E-state index contributed by atoms with van der Waals surface area (Å²) in [6.07, 6.45) is -0.693. The van der Waals surface area contributed by atoms with Gasteiger partial charge in [-0.1, -0.05) is 30.3 Å². The van der Waals surface area contributed by atoms with Crippen molar-refractivity contribution in [3.05, 3.63) is 60.2 Å². The molecule has 2 amide bonds. The van der Waals surface area contributed by atoms with Gasteiger partial charge in [0.1, 0.15) is 5.75 Å². The highest BCUT2D eigenvalue weighted by Gasteiger charge is 2.20. The molecule has 0 spiro atoms. The monoisotopic (exact) mass is 340 g/mol. The number of carbonyl (C=O) groups is 2. The van der Waals surface area contributed by atoms with Gasteiger partial charge in [-0.25, -0.2) is 0 Å². The van der Waals surface area contributed by atoms with E-state index in [1.807, 2.05) is 39.0 Å². The fourth-order valence-electron chi connectivity index (χ4n) is 2.19. The number of ether oxygens (including phenoxy) is 1. The Balaban J connectivity index is 2.09. The summed E-state index contributed by atoms with van der Waals surface area (Å²) >= 11 is 0. The van der Waals surface area contributed by atoms with Crippen LogP contribution in [0.2, 0.25) is 0 Å². The number of amides is 2. The molecule has 0 heterocycles. The Bertz CT molecular complexity index is 736. The molecule has 0 aliphatic carbocycles. The third kappa shape index (κ3) is 5.64. The molecule has 0 saturated carbocycles. The molecule has 2 aromatic rings. The van der Waals surface area contributed by atoms with Gasteiger partial charge >= 0.3 is 0 Å². The molecule has 25 heavy (non-hydrogen) atoms. The second-order valence-corrected chi connectivity index (χ2v) is 6.81. The average Bonchev–Trinajstić information content (AvgIpc) is 2.54. The molecule has 0 aliphatic heterocycles. The van der Waals surface area contributed by atoms with Crippen molar-refractivity contribution in [3.63, 3.8) is 0 Å². The summed E-state index contributed by atoms with van der Waals surface area (Å²) in [5.74, 6) is 0.0591. The van der Waals surface area contributed by atoms with Gasteiger partial charge in [-0.15, -0.1) is 0 Å². The molecular formula is C20H24N2O3. The van der Waals surface area contributed by atoms with Crippen LogP contribution in [0.1, 0.15) is 38.1 Å². The van der Waals surface area contributed by atoms with E-state index >= 15 is 0 Å². The predicted molar refractivity (Wildman–Crippen MR) is 98.8 cm³/mol. The van der Waals surface area contributed by atoms with Crippen LogP contribution in [0.3, 0.4) is 0 Å². The first-order chi connectivity index (χ1) is 11.8. The summed E-state index contributed by atoms with van der Waals surface area (Å²) < 4.78 is 5.62. The van der Waals surface area contributed by atoms with E-state index < -0.39 is 6.10 Å². The Hall–Kier alpha value is -2.82. The molecule has 1 atom stereocenters. The van der Waals surface area contributed by atoms with Crippen molar-refractivity contribution in [1.82, 2.24) is 5.32 Å². The lowest BCUT2D eigenvalue weighted by molar-refractivity contribution is -0.122. The summed E-state index contributed by atoms with van der Waals surface area (Å²) in [5.41, 5.74) is 0.508. The molecule has 0 fully saturated rings. The number of hydrogen-bond acceptors (Lipinski definition) is 3. The van der Waals surface area contributed by atoms with E-state index in [1.165, 1.54) is 0 Å². The molecule has 0 aliphatic rings. The molecule has 0 aromatic heterocycles. The van der Waals surface area contributed by atoms with Crippen molar-refractivity contribution in [2.24, 2.45) is 0 Å². The van der Waals surface area contributed by atoms with Gasteiger partial charge in [0.25, 0.3) is 11.8 Å². The second-order valence-electron chi connectivity index (χ2n) is 6.81. The van der Waals surface area contributed by atoms with Crippen molar-refractivity contribution in [2.75, 3.05) is 5.32 Å². The summed E-state index contributed by atoms with van der Waals surface area (Å²) in [6, 6.07) is 16.0. The van der Waals surface area contributed by atoms with Gasteiger partial charge in [0, 0.05) is 5.54 Å². The van der Waals surface area contributed by atoms with E-state index in [9.17, 15) is 9.59 Å². The van der Waals surface area contributed by atoms with E-state index in [4.69, 9.17) is 4.74 Å². The lowest BCUT2D eigenvalue weighted by Crippen LogP contribution is -2.41. The second kappa shape index (κ2) is 7.83. The van der Waals surface area contributed by atoms with Crippen molar-refractivity contribution < 1.29 is 14.3 Å². The van der Waals surface area contributed by atoms with Crippen LogP contribution < -0.4 is 15.4 Å². The number of carbonyl (C=O) groups excluding carboxylic acids is 2. The van der Waals surface area contributed by atoms with Gasteiger partial charge in [0.15, 0.2) is 6.10 Å². The van der Waals surface area contributed by atoms with Crippen LogP contribution in [0.5, 0.6) is 5.75 Å².